The van der Waals surface area contributed by atoms with Gasteiger partial charge in [-0.25, -0.2) is 0 Å². The van der Waals surface area contributed by atoms with Crippen LogP contribution in [0.2, 0.25) is 0 Å². The van der Waals surface area contributed by atoms with Crippen molar-refractivity contribution in [2.75, 3.05) is 0 Å². The molecule has 6 nitrogen and oxygen atoms in total. The summed E-state index contributed by atoms with van der Waals surface area (Å²) >= 11 is 5.77. The molecule has 2 N–H and O–H groups in total. The first kappa shape index (κ1) is 18.5. The highest BCUT2D eigenvalue weighted by Crippen LogP contribution is 2.17. The normalized spacial score (nSPS) is 11.1. The van der Waals surface area contributed by atoms with E-state index in [-0.39, 0.29) is 0 Å². The molecule has 0 aliphatic carbocycles. The molecule has 0 saturated carbocycles. The van der Waals surface area contributed by atoms with Crippen LogP contribution in [0.3, 0.4) is 0 Å². The van der Waals surface area contributed by atoms with E-state index in [1.54, 1.807) is 0 Å². The molecular weight excluding hydrogens is 368 g/mol. The molecule has 3 heterocycles. The van der Waals surface area contributed by atoms with E-state index in [9.17, 15) is 0 Å². The van der Waals surface area contributed by atoms with Gasteiger partial charge < -0.3 is 9.13 Å². The van der Waals surface area contributed by atoms with E-state index >= 15 is 0 Å². The first-order valence-electron chi connectivity index (χ1n) is 9.22. The molecule has 0 atom stereocenters. The van der Waals surface area contributed by atoms with Gasteiger partial charge in [0.15, 0.2) is 4.77 Å². The summed E-state index contributed by atoms with van der Waals surface area (Å²) in [5, 5.41) is 6.87. The minimum absolute atomic E-state index is 0.628. The number of benzene rings is 1. The number of aromatic nitrogens is 4. The lowest BCUT2D eigenvalue weighted by molar-refractivity contribution is 0.519. The molecule has 0 aliphatic rings. The molecule has 4 aromatic rings. The van der Waals surface area contributed by atoms with Crippen LogP contribution in [0.25, 0.3) is 11.0 Å². The van der Waals surface area contributed by atoms with E-state index < -0.39 is 0 Å². The number of imidazole rings is 1. The van der Waals surface area contributed by atoms with Gasteiger partial charge in [-0.15, -0.1) is 0 Å². The van der Waals surface area contributed by atoms with Crippen molar-refractivity contribution in [3.63, 3.8) is 0 Å². The van der Waals surface area contributed by atoms with Crippen molar-refractivity contribution < 1.29 is 0 Å². The Morgan fingerprint density at radius 2 is 1.14 bits per heavy atom. The third kappa shape index (κ3) is 4.17. The SMILES string of the molecule is S=c1n(CNCc2ccccn2)c2ccccc2n1CNCc1ccccn1. The summed E-state index contributed by atoms with van der Waals surface area (Å²) in [7, 11) is 0. The maximum absolute atomic E-state index is 5.77. The number of nitrogens with zero attached hydrogens (tertiary/aromatic N) is 4. The lowest BCUT2D eigenvalue weighted by atomic mass is 10.3. The first-order valence-corrected chi connectivity index (χ1v) is 9.63. The maximum Gasteiger partial charge on any atom is 0.183 e. The Kier molecular flexibility index (Phi) is 5.86. The first-order chi connectivity index (χ1) is 13.8. The number of rotatable bonds is 8. The molecule has 0 spiro atoms. The third-order valence-electron chi connectivity index (χ3n) is 4.53. The van der Waals surface area contributed by atoms with Crippen molar-refractivity contribution in [3.05, 3.63) is 89.2 Å². The lowest BCUT2D eigenvalue weighted by Crippen LogP contribution is -2.21. The van der Waals surface area contributed by atoms with Crippen molar-refractivity contribution in [2.45, 2.75) is 26.4 Å². The molecule has 1 aromatic carbocycles. The molecule has 7 heteroatoms. The van der Waals surface area contributed by atoms with Crippen LogP contribution in [0.1, 0.15) is 11.4 Å². The molecule has 3 aromatic heterocycles. The van der Waals surface area contributed by atoms with Gasteiger partial charge >= 0.3 is 0 Å². The number of pyridine rings is 2. The monoisotopic (exact) mass is 390 g/mol. The van der Waals surface area contributed by atoms with Crippen molar-refractivity contribution in [3.8, 4) is 0 Å². The minimum atomic E-state index is 0.628. The molecule has 0 unspecified atom stereocenters. The van der Waals surface area contributed by atoms with E-state index in [0.717, 1.165) is 27.2 Å². The average Bonchev–Trinajstić information content (AvgIpc) is 3.01. The van der Waals surface area contributed by atoms with E-state index in [1.165, 1.54) is 0 Å². The summed E-state index contributed by atoms with van der Waals surface area (Å²) in [6.07, 6.45) is 3.61. The van der Waals surface area contributed by atoms with Crippen molar-refractivity contribution in [1.82, 2.24) is 29.7 Å². The van der Waals surface area contributed by atoms with E-state index in [1.807, 2.05) is 60.9 Å². The van der Waals surface area contributed by atoms with Crippen LogP contribution in [0.5, 0.6) is 0 Å². The standard InChI is InChI=1S/C21H22N6S/c28-21-26(15-22-13-17-7-3-5-11-24-17)19-9-1-2-10-20(19)27(21)16-23-14-18-8-4-6-12-25-18/h1-12,22-23H,13-16H2. The van der Waals surface area contributed by atoms with Gasteiger partial charge in [-0.3, -0.25) is 20.6 Å². The van der Waals surface area contributed by atoms with Crippen LogP contribution < -0.4 is 10.6 Å². The summed E-state index contributed by atoms with van der Waals surface area (Å²) in [6, 6.07) is 20.1. The molecule has 0 radical (unpaired) electrons. The molecule has 4 rings (SSSR count). The van der Waals surface area contributed by atoms with E-state index in [4.69, 9.17) is 12.2 Å². The van der Waals surface area contributed by atoms with E-state index in [2.05, 4.69) is 41.9 Å². The number of hydrogen-bond acceptors (Lipinski definition) is 5. The van der Waals surface area contributed by atoms with Crippen LogP contribution in [-0.2, 0) is 26.4 Å². The number of nitrogens with one attached hydrogen (secondary N) is 2. The molecule has 0 amide bonds. The summed E-state index contributed by atoms with van der Waals surface area (Å²) in [5.74, 6) is 0. The molecular formula is C21H22N6S. The Hall–Kier alpha value is -2.87. The molecule has 0 saturated heterocycles. The van der Waals surface area contributed by atoms with Gasteiger partial charge in [0, 0.05) is 25.5 Å². The minimum Gasteiger partial charge on any atom is -0.303 e. The highest BCUT2D eigenvalue weighted by atomic mass is 32.1. The van der Waals surface area contributed by atoms with E-state index in [0.29, 0.717) is 26.4 Å². The van der Waals surface area contributed by atoms with Crippen LogP contribution in [0.15, 0.2) is 73.1 Å². The van der Waals surface area contributed by atoms with Crippen LogP contribution >= 0.6 is 12.2 Å². The predicted molar refractivity (Wildman–Crippen MR) is 113 cm³/mol. The summed E-state index contributed by atoms with van der Waals surface area (Å²) in [5.41, 5.74) is 4.24. The van der Waals surface area contributed by atoms with Crippen molar-refractivity contribution >= 4 is 23.3 Å². The average molecular weight is 391 g/mol. The zero-order valence-electron chi connectivity index (χ0n) is 15.5. The van der Waals surface area contributed by atoms with Gasteiger partial charge in [-0.2, -0.15) is 0 Å². The second-order valence-electron chi connectivity index (χ2n) is 6.44. The molecule has 0 aliphatic heterocycles. The van der Waals surface area contributed by atoms with Gasteiger partial charge in [0.2, 0.25) is 0 Å². The zero-order chi connectivity index (χ0) is 19.2. The highest BCUT2D eigenvalue weighted by molar-refractivity contribution is 7.71. The quantitative estimate of drug-likeness (QED) is 0.451. The van der Waals surface area contributed by atoms with Gasteiger partial charge in [0.25, 0.3) is 0 Å². The fraction of sp³-hybridized carbons (Fsp3) is 0.190. The zero-order valence-corrected chi connectivity index (χ0v) is 16.3. The van der Waals surface area contributed by atoms with Crippen LogP contribution in [0, 0.1) is 4.77 Å². The van der Waals surface area contributed by atoms with Crippen LogP contribution in [-0.4, -0.2) is 19.1 Å². The number of fused-ring (bicyclic) bond motifs is 1. The second-order valence-corrected chi connectivity index (χ2v) is 6.80. The predicted octanol–water partition coefficient (Wildman–Crippen LogP) is 3.46. The van der Waals surface area contributed by atoms with Crippen molar-refractivity contribution in [2.24, 2.45) is 0 Å². The van der Waals surface area contributed by atoms with Gasteiger partial charge in [0.1, 0.15) is 0 Å². The Morgan fingerprint density at radius 1 is 0.679 bits per heavy atom. The molecule has 142 valence electrons. The molecule has 28 heavy (non-hydrogen) atoms. The fourth-order valence-corrected chi connectivity index (χ4v) is 3.50. The second kappa shape index (κ2) is 8.88. The Balaban J connectivity index is 1.49. The smallest absolute Gasteiger partial charge is 0.183 e. The summed E-state index contributed by atoms with van der Waals surface area (Å²) in [6.45, 7) is 2.65. The number of para-hydroxylation sites is 2. The Bertz CT molecular complexity index is 1000. The summed E-state index contributed by atoms with van der Waals surface area (Å²) in [4.78, 5) is 8.70. The summed E-state index contributed by atoms with van der Waals surface area (Å²) < 4.78 is 5.02. The van der Waals surface area contributed by atoms with Crippen LogP contribution in [0.4, 0.5) is 0 Å². The van der Waals surface area contributed by atoms with Gasteiger partial charge in [-0.1, -0.05) is 24.3 Å². The van der Waals surface area contributed by atoms with Gasteiger partial charge in [0.05, 0.1) is 35.8 Å². The lowest BCUT2D eigenvalue weighted by Gasteiger charge is -2.08. The largest absolute Gasteiger partial charge is 0.303 e. The highest BCUT2D eigenvalue weighted by Gasteiger charge is 2.09. The third-order valence-corrected chi connectivity index (χ3v) is 4.97. The fourth-order valence-electron chi connectivity index (χ4n) is 3.17. The van der Waals surface area contributed by atoms with Gasteiger partial charge in [-0.05, 0) is 48.6 Å². The topological polar surface area (TPSA) is 59.7 Å². The molecule has 0 bridgehead atoms. The Morgan fingerprint density at radius 3 is 1.57 bits per heavy atom. The maximum atomic E-state index is 5.77. The van der Waals surface area contributed by atoms with Crippen molar-refractivity contribution in [1.29, 1.82) is 0 Å². The number of hydrogen-bond donors (Lipinski definition) is 2. The Labute approximate surface area is 168 Å². The molecule has 0 fully saturated rings.